The lowest BCUT2D eigenvalue weighted by Crippen LogP contribution is -2.36. The molecule has 0 spiro atoms. The van der Waals surface area contributed by atoms with E-state index < -0.39 is 17.9 Å². The molecule has 0 aliphatic heterocycles. The van der Waals surface area contributed by atoms with Crippen molar-refractivity contribution in [1.29, 1.82) is 0 Å². The molecular weight excluding hydrogens is 336 g/mol. The number of rotatable bonds is 7. The number of nitrogens with one attached hydrogen (secondary N) is 1. The number of methoxy groups -OCH3 is 1. The summed E-state index contributed by atoms with van der Waals surface area (Å²) in [5.41, 5.74) is 0.465. The second-order valence-corrected chi connectivity index (χ2v) is 5.83. The number of anilines is 1. The summed E-state index contributed by atoms with van der Waals surface area (Å²) in [4.78, 5) is 24.5. The third-order valence-electron chi connectivity index (χ3n) is 3.71. The number of amides is 2. The Labute approximate surface area is 152 Å². The van der Waals surface area contributed by atoms with E-state index in [0.717, 1.165) is 0 Å². The van der Waals surface area contributed by atoms with E-state index in [0.29, 0.717) is 22.9 Å². The molecule has 26 heavy (non-hydrogen) atoms. The summed E-state index contributed by atoms with van der Waals surface area (Å²) >= 11 is 0. The van der Waals surface area contributed by atoms with Gasteiger partial charge in [0.1, 0.15) is 17.2 Å². The highest BCUT2D eigenvalue weighted by Gasteiger charge is 2.18. The van der Waals surface area contributed by atoms with Crippen molar-refractivity contribution in [3.05, 3.63) is 48.5 Å². The molecule has 138 valence electrons. The van der Waals surface area contributed by atoms with Crippen LogP contribution in [0.2, 0.25) is 0 Å². The highest BCUT2D eigenvalue weighted by molar-refractivity contribution is 5.91. The number of carbonyl (C=O) groups is 2. The van der Waals surface area contributed by atoms with Crippen molar-refractivity contribution in [3.8, 4) is 17.2 Å². The summed E-state index contributed by atoms with van der Waals surface area (Å²) in [6, 6.07) is 13.9. The normalized spacial score (nSPS) is 11.3. The molecule has 0 heterocycles. The minimum absolute atomic E-state index is 0.0959. The molecule has 0 fully saturated rings. The number of urea groups is 1. The molecule has 1 unspecified atom stereocenters. The predicted octanol–water partition coefficient (Wildman–Crippen LogP) is 3.67. The van der Waals surface area contributed by atoms with Crippen LogP contribution >= 0.6 is 0 Å². The summed E-state index contributed by atoms with van der Waals surface area (Å²) in [5.74, 6) is 0.0815. The Morgan fingerprint density at radius 1 is 1.15 bits per heavy atom. The van der Waals surface area contributed by atoms with Crippen molar-refractivity contribution < 1.29 is 24.2 Å². The van der Waals surface area contributed by atoms with Crippen LogP contribution in [-0.4, -0.2) is 42.7 Å². The van der Waals surface area contributed by atoms with Gasteiger partial charge in [0, 0.05) is 19.7 Å². The Morgan fingerprint density at radius 3 is 2.46 bits per heavy atom. The van der Waals surface area contributed by atoms with Crippen molar-refractivity contribution in [2.75, 3.05) is 26.0 Å². The topological polar surface area (TPSA) is 88.1 Å². The van der Waals surface area contributed by atoms with E-state index in [-0.39, 0.29) is 6.54 Å². The summed E-state index contributed by atoms with van der Waals surface area (Å²) in [7, 11) is 3.03. The highest BCUT2D eigenvalue weighted by atomic mass is 16.5. The van der Waals surface area contributed by atoms with Crippen molar-refractivity contribution in [2.24, 2.45) is 5.92 Å². The third kappa shape index (κ3) is 5.14. The molecule has 1 atom stereocenters. The summed E-state index contributed by atoms with van der Waals surface area (Å²) in [5, 5.41) is 11.7. The molecule has 0 bridgehead atoms. The maximum absolute atomic E-state index is 12.2. The Hall–Kier alpha value is -3.22. The van der Waals surface area contributed by atoms with E-state index >= 15 is 0 Å². The lowest BCUT2D eigenvalue weighted by Gasteiger charge is -2.21. The van der Waals surface area contributed by atoms with Crippen LogP contribution in [0.25, 0.3) is 0 Å². The van der Waals surface area contributed by atoms with Gasteiger partial charge < -0.3 is 24.8 Å². The number of aliphatic carboxylic acids is 1. The minimum Gasteiger partial charge on any atom is -0.494 e. The number of carboxylic acids is 1. The number of nitrogens with zero attached hydrogens (tertiary/aromatic N) is 1. The number of carboxylic acid groups (broad SMARTS) is 1. The quantitative estimate of drug-likeness (QED) is 0.788. The van der Waals surface area contributed by atoms with Gasteiger partial charge in [-0.1, -0.05) is 25.1 Å². The average molecular weight is 358 g/mol. The molecule has 0 radical (unpaired) electrons. The fourth-order valence-corrected chi connectivity index (χ4v) is 2.25. The zero-order chi connectivity index (χ0) is 19.1. The zero-order valence-corrected chi connectivity index (χ0v) is 14.9. The Morgan fingerprint density at radius 2 is 1.85 bits per heavy atom. The van der Waals surface area contributed by atoms with E-state index in [9.17, 15) is 9.59 Å². The van der Waals surface area contributed by atoms with Crippen molar-refractivity contribution in [1.82, 2.24) is 4.90 Å². The monoisotopic (exact) mass is 358 g/mol. The van der Waals surface area contributed by atoms with Crippen LogP contribution in [0.15, 0.2) is 48.5 Å². The van der Waals surface area contributed by atoms with Gasteiger partial charge in [0.25, 0.3) is 0 Å². The first-order chi connectivity index (χ1) is 12.4. The van der Waals surface area contributed by atoms with Gasteiger partial charge in [-0.25, -0.2) is 4.79 Å². The maximum Gasteiger partial charge on any atom is 0.321 e. The Kier molecular flexibility index (Phi) is 6.43. The fraction of sp³-hybridized carbons (Fsp3) is 0.263. The lowest BCUT2D eigenvalue weighted by molar-refractivity contribution is -0.141. The molecule has 0 aromatic heterocycles. The maximum atomic E-state index is 12.2. The van der Waals surface area contributed by atoms with Gasteiger partial charge in [0.2, 0.25) is 0 Å². The summed E-state index contributed by atoms with van der Waals surface area (Å²) in [6.07, 6.45) is 0. The number of carbonyl (C=O) groups excluding carboxylic acids is 1. The van der Waals surface area contributed by atoms with Crippen LogP contribution in [0.1, 0.15) is 6.92 Å². The van der Waals surface area contributed by atoms with Crippen LogP contribution in [0.4, 0.5) is 10.5 Å². The first-order valence-electron chi connectivity index (χ1n) is 8.06. The molecule has 2 aromatic carbocycles. The summed E-state index contributed by atoms with van der Waals surface area (Å²) < 4.78 is 11.1. The number of hydrogen-bond donors (Lipinski definition) is 2. The van der Waals surface area contributed by atoms with Crippen molar-refractivity contribution >= 4 is 17.7 Å². The molecule has 2 aromatic rings. The van der Waals surface area contributed by atoms with Gasteiger partial charge in [-0.2, -0.15) is 0 Å². The smallest absolute Gasteiger partial charge is 0.321 e. The molecule has 7 heteroatoms. The molecule has 2 N–H and O–H groups in total. The van der Waals surface area contributed by atoms with Gasteiger partial charge in [0.15, 0.2) is 0 Å². The van der Waals surface area contributed by atoms with Crippen LogP contribution in [0.5, 0.6) is 17.2 Å². The Bertz CT molecular complexity index is 764. The van der Waals surface area contributed by atoms with E-state index in [1.165, 1.54) is 19.1 Å². The second kappa shape index (κ2) is 8.75. The highest BCUT2D eigenvalue weighted by Crippen LogP contribution is 2.31. The molecule has 0 aliphatic rings. The van der Waals surface area contributed by atoms with Crippen LogP contribution < -0.4 is 14.8 Å². The Balaban J connectivity index is 2.07. The molecule has 0 aliphatic carbocycles. The molecule has 0 saturated carbocycles. The fourth-order valence-electron chi connectivity index (χ4n) is 2.25. The lowest BCUT2D eigenvalue weighted by atomic mass is 10.2. The molecule has 2 rings (SSSR count). The van der Waals surface area contributed by atoms with Gasteiger partial charge >= 0.3 is 12.0 Å². The third-order valence-corrected chi connectivity index (χ3v) is 3.71. The van der Waals surface area contributed by atoms with Crippen LogP contribution in [-0.2, 0) is 4.79 Å². The first kappa shape index (κ1) is 19.1. The SMILES string of the molecule is COc1cc(Oc2ccccc2)ccc1NC(=O)N(C)CC(C)C(=O)O. The number of para-hydroxylation sites is 1. The largest absolute Gasteiger partial charge is 0.494 e. The molecule has 7 nitrogen and oxygen atoms in total. The van der Waals surface area contributed by atoms with E-state index in [1.54, 1.807) is 25.1 Å². The number of benzene rings is 2. The summed E-state index contributed by atoms with van der Waals surface area (Å²) in [6.45, 7) is 1.64. The van der Waals surface area contributed by atoms with E-state index in [2.05, 4.69) is 5.32 Å². The van der Waals surface area contributed by atoms with Gasteiger partial charge in [-0.3, -0.25) is 4.79 Å². The van der Waals surface area contributed by atoms with Crippen LogP contribution in [0.3, 0.4) is 0 Å². The first-order valence-corrected chi connectivity index (χ1v) is 8.06. The average Bonchev–Trinajstić information content (AvgIpc) is 2.63. The molecule has 2 amide bonds. The second-order valence-electron chi connectivity index (χ2n) is 5.83. The standard InChI is InChI=1S/C19H22N2O5/c1-13(18(22)23)12-21(2)19(24)20-16-10-9-15(11-17(16)25-3)26-14-7-5-4-6-8-14/h4-11,13H,12H2,1-3H3,(H,20,24)(H,22,23). The number of hydrogen-bond acceptors (Lipinski definition) is 4. The van der Waals surface area contributed by atoms with E-state index in [1.807, 2.05) is 30.3 Å². The predicted molar refractivity (Wildman–Crippen MR) is 98.0 cm³/mol. The van der Waals surface area contributed by atoms with Gasteiger partial charge in [-0.15, -0.1) is 0 Å². The molecule has 0 saturated heterocycles. The van der Waals surface area contributed by atoms with Crippen molar-refractivity contribution in [3.63, 3.8) is 0 Å². The zero-order valence-electron chi connectivity index (χ0n) is 14.9. The van der Waals surface area contributed by atoms with E-state index in [4.69, 9.17) is 14.6 Å². The van der Waals surface area contributed by atoms with Crippen molar-refractivity contribution in [2.45, 2.75) is 6.92 Å². The number of ether oxygens (including phenoxy) is 2. The van der Waals surface area contributed by atoms with Crippen LogP contribution in [0, 0.1) is 5.92 Å². The minimum atomic E-state index is -0.954. The van der Waals surface area contributed by atoms with Gasteiger partial charge in [0.05, 0.1) is 18.7 Å². The van der Waals surface area contributed by atoms with Gasteiger partial charge in [-0.05, 0) is 24.3 Å². The molecular formula is C19H22N2O5.